The molecule has 0 aliphatic rings. The van der Waals surface area contributed by atoms with Crippen molar-refractivity contribution in [2.24, 2.45) is 11.8 Å². The van der Waals surface area contributed by atoms with Gasteiger partial charge in [-0.25, -0.2) is 4.39 Å². The number of rotatable bonds is 26. The summed E-state index contributed by atoms with van der Waals surface area (Å²) in [6, 6.07) is 15.1. The Morgan fingerprint density at radius 1 is 0.534 bits per heavy atom. The number of unbranched alkanes of at least 4 members (excludes halogenated alkanes) is 8. The Kier molecular flexibility index (Phi) is 18.1. The monoisotopic (exact) mass is 1130 g/mol. The van der Waals surface area contributed by atoms with Gasteiger partial charge < -0.3 is 0 Å². The van der Waals surface area contributed by atoms with E-state index in [1.807, 2.05) is 68.0 Å². The highest BCUT2D eigenvalue weighted by atomic mass is 32.1. The minimum Gasteiger partial charge on any atom is -0.293 e. The molecule has 8 heterocycles. The standard InChI is InChI=1S/C63H79FOS8/c1-12-18-21-22-23-24-25-28-43(65)58-55(64)54-60(72-58)59(73-61(54)63(10,11)17-6)50-33-41-52(48-35-46-44(68-48)31-39(66-46)29-37(15-4)26-19-13-2)57-42(34-51(71-57)62(7,8)9)53(56(41)70-50)49-36-47-45(69-49)32-40(67-47)30-38(16-5)27-20-14-3/h31-38H,12-30H2,1-11H3. The lowest BCUT2D eigenvalue weighted by Gasteiger charge is -2.21. The van der Waals surface area contributed by atoms with Crippen molar-refractivity contribution in [3.8, 4) is 30.6 Å². The van der Waals surface area contributed by atoms with Crippen molar-refractivity contribution < 1.29 is 9.18 Å². The zero-order valence-corrected chi connectivity index (χ0v) is 52.1. The van der Waals surface area contributed by atoms with Gasteiger partial charge in [-0.1, -0.05) is 166 Å². The Morgan fingerprint density at radius 2 is 1.05 bits per heavy atom. The van der Waals surface area contributed by atoms with Crippen LogP contribution in [-0.4, -0.2) is 5.78 Å². The summed E-state index contributed by atoms with van der Waals surface area (Å²) in [6.45, 7) is 25.4. The average Bonchev–Trinajstić information content (AvgIpc) is 4.23. The first-order valence-electron chi connectivity index (χ1n) is 28.0. The van der Waals surface area contributed by atoms with E-state index in [9.17, 15) is 4.79 Å². The Bertz CT molecular complexity index is 3110. The first-order chi connectivity index (χ1) is 35.1. The van der Waals surface area contributed by atoms with Crippen molar-refractivity contribution in [2.45, 2.75) is 209 Å². The SMILES string of the molecule is CCCCCCCCCC(=O)c1sc2c(-c3cc4c(-c5cc6sc(CC(CC)CCCC)cc6s5)c5sc(C(C)(C)C)cc5c(-c5cc6sc(CC(CC)CCCC)cc6s5)c4s3)sc(C(C)(C)CC)c2c1F. The molecule has 392 valence electrons. The number of carbonyl (C=O) groups is 1. The van der Waals surface area contributed by atoms with Gasteiger partial charge >= 0.3 is 0 Å². The largest absolute Gasteiger partial charge is 0.293 e. The van der Waals surface area contributed by atoms with Gasteiger partial charge in [0.25, 0.3) is 0 Å². The fourth-order valence-corrected chi connectivity index (χ4v) is 21.5. The van der Waals surface area contributed by atoms with Crippen LogP contribution in [-0.2, 0) is 23.7 Å². The normalized spacial score (nSPS) is 13.6. The topological polar surface area (TPSA) is 17.1 Å². The van der Waals surface area contributed by atoms with Crippen molar-refractivity contribution >= 4 is 146 Å². The molecule has 0 fully saturated rings. The van der Waals surface area contributed by atoms with E-state index in [0.717, 1.165) is 52.0 Å². The van der Waals surface area contributed by atoms with Gasteiger partial charge in [-0.05, 0) is 84.7 Å². The number of thiophene rings is 8. The van der Waals surface area contributed by atoms with Crippen molar-refractivity contribution in [1.29, 1.82) is 0 Å². The Labute approximate surface area is 468 Å². The number of hydrogen-bond donors (Lipinski definition) is 0. The number of benzene rings is 1. The molecule has 0 amide bonds. The van der Waals surface area contributed by atoms with Gasteiger partial charge in [-0.2, -0.15) is 0 Å². The maximum Gasteiger partial charge on any atom is 0.175 e. The van der Waals surface area contributed by atoms with Crippen LogP contribution in [0.25, 0.3) is 79.7 Å². The number of halogens is 1. The second-order valence-electron chi connectivity index (χ2n) is 22.8. The highest BCUT2D eigenvalue weighted by molar-refractivity contribution is 7.33. The second-order valence-corrected chi connectivity index (χ2v) is 31.4. The number of fused-ring (bicyclic) bond motifs is 5. The summed E-state index contributed by atoms with van der Waals surface area (Å²) in [5, 5.41) is 3.35. The van der Waals surface area contributed by atoms with Crippen molar-refractivity contribution in [1.82, 2.24) is 0 Å². The Hall–Kier alpha value is -2.28. The maximum absolute atomic E-state index is 17.2. The molecule has 0 spiro atoms. The summed E-state index contributed by atoms with van der Waals surface area (Å²) >= 11 is 15.1. The lowest BCUT2D eigenvalue weighted by atomic mass is 9.87. The van der Waals surface area contributed by atoms with Crippen molar-refractivity contribution in [3.63, 3.8) is 0 Å². The molecule has 0 saturated heterocycles. The molecule has 0 N–H and O–H groups in total. The van der Waals surface area contributed by atoms with E-state index >= 15 is 4.39 Å². The predicted octanol–water partition coefficient (Wildman–Crippen LogP) is 24.9. The zero-order chi connectivity index (χ0) is 51.8. The molecule has 9 aromatic rings. The molecule has 0 saturated carbocycles. The highest BCUT2D eigenvalue weighted by Gasteiger charge is 2.34. The smallest absolute Gasteiger partial charge is 0.175 e. The molecule has 2 atom stereocenters. The third kappa shape index (κ3) is 11.6. The molecule has 0 aliphatic carbocycles. The zero-order valence-electron chi connectivity index (χ0n) is 45.6. The first kappa shape index (κ1) is 55.5. The molecular weight excluding hydrogens is 1050 g/mol. The van der Waals surface area contributed by atoms with E-state index in [4.69, 9.17) is 0 Å². The molecule has 1 aromatic carbocycles. The predicted molar refractivity (Wildman–Crippen MR) is 336 cm³/mol. The summed E-state index contributed by atoms with van der Waals surface area (Å²) in [4.78, 5) is 24.9. The summed E-state index contributed by atoms with van der Waals surface area (Å²) in [7, 11) is 0. The van der Waals surface area contributed by atoms with Gasteiger partial charge in [0, 0.05) is 96.0 Å². The third-order valence-electron chi connectivity index (χ3n) is 15.7. The Balaban J connectivity index is 1.23. The number of ketones is 1. The minimum atomic E-state index is -0.285. The van der Waals surface area contributed by atoms with Gasteiger partial charge in [0.15, 0.2) is 11.6 Å². The van der Waals surface area contributed by atoms with Crippen LogP contribution in [0, 0.1) is 17.7 Å². The molecule has 73 heavy (non-hydrogen) atoms. The number of Topliss-reactive ketones (excluding diaryl/α,β-unsaturated/α-hetero) is 1. The van der Waals surface area contributed by atoms with Crippen LogP contribution < -0.4 is 0 Å². The average molecular weight is 1130 g/mol. The third-order valence-corrected chi connectivity index (χ3v) is 26.2. The van der Waals surface area contributed by atoms with Crippen LogP contribution in [0.2, 0.25) is 0 Å². The van der Waals surface area contributed by atoms with Crippen LogP contribution in [0.15, 0.2) is 36.4 Å². The van der Waals surface area contributed by atoms with Crippen LogP contribution in [0.1, 0.15) is 214 Å². The Morgan fingerprint density at radius 3 is 1.58 bits per heavy atom. The van der Waals surface area contributed by atoms with Gasteiger partial charge in [-0.15, -0.1) is 90.7 Å². The van der Waals surface area contributed by atoms with E-state index in [-0.39, 0.29) is 22.4 Å². The van der Waals surface area contributed by atoms with Crippen LogP contribution >= 0.6 is 90.7 Å². The number of hydrogen-bond acceptors (Lipinski definition) is 9. The van der Waals surface area contributed by atoms with Crippen LogP contribution in [0.3, 0.4) is 0 Å². The van der Waals surface area contributed by atoms with E-state index in [2.05, 4.69) is 113 Å². The number of carbonyl (C=O) groups excluding carboxylic acids is 1. The lowest BCUT2D eigenvalue weighted by molar-refractivity contribution is 0.0979. The molecule has 9 rings (SSSR count). The van der Waals surface area contributed by atoms with Gasteiger partial charge in [-0.3, -0.25) is 4.79 Å². The van der Waals surface area contributed by atoms with Crippen molar-refractivity contribution in [3.05, 3.63) is 66.6 Å². The van der Waals surface area contributed by atoms with E-state index in [1.54, 1.807) is 11.3 Å². The minimum absolute atomic E-state index is 0.00846. The summed E-state index contributed by atoms with van der Waals surface area (Å²) in [6.07, 6.45) is 21.8. The molecule has 0 radical (unpaired) electrons. The second kappa shape index (κ2) is 23.8. The summed E-state index contributed by atoms with van der Waals surface area (Å²) < 4.78 is 26.5. The lowest BCUT2D eigenvalue weighted by Crippen LogP contribution is -2.14. The summed E-state index contributed by atoms with van der Waals surface area (Å²) in [5.41, 5.74) is 2.45. The van der Waals surface area contributed by atoms with Gasteiger partial charge in [0.2, 0.25) is 0 Å². The maximum atomic E-state index is 17.2. The molecule has 0 aliphatic heterocycles. The summed E-state index contributed by atoms with van der Waals surface area (Å²) in [5.74, 6) is 1.17. The molecule has 8 aromatic heterocycles. The van der Waals surface area contributed by atoms with Gasteiger partial charge in [0.05, 0.1) is 9.58 Å². The van der Waals surface area contributed by atoms with Crippen molar-refractivity contribution in [2.75, 3.05) is 0 Å². The molecule has 10 heteroatoms. The molecular formula is C63H79FOS8. The van der Waals surface area contributed by atoms with E-state index in [0.29, 0.717) is 16.7 Å². The van der Waals surface area contributed by atoms with Gasteiger partial charge in [0.1, 0.15) is 4.88 Å². The fourth-order valence-electron chi connectivity index (χ4n) is 10.7. The van der Waals surface area contributed by atoms with Crippen LogP contribution in [0.5, 0.6) is 0 Å². The molecule has 1 nitrogen and oxygen atoms in total. The quantitative estimate of drug-likeness (QED) is 0.0390. The first-order valence-corrected chi connectivity index (χ1v) is 34.5. The van der Waals surface area contributed by atoms with E-state index < -0.39 is 0 Å². The fraction of sp³-hybridized carbons (Fsp3) is 0.540. The highest BCUT2D eigenvalue weighted by Crippen LogP contribution is 2.58. The van der Waals surface area contributed by atoms with E-state index in [1.165, 1.54) is 181 Å². The van der Waals surface area contributed by atoms with Crippen LogP contribution in [0.4, 0.5) is 4.39 Å². The molecule has 2 unspecified atom stereocenters. The molecule has 0 bridgehead atoms.